The molecule has 0 atom stereocenters. The first kappa shape index (κ1) is 13.5. The Morgan fingerprint density at radius 2 is 1.87 bits per heavy atom. The van der Waals surface area contributed by atoms with Gasteiger partial charge in [-0.3, -0.25) is 0 Å². The zero-order valence-corrected chi connectivity index (χ0v) is 7.67. The van der Waals surface area contributed by atoms with E-state index < -0.39 is 18.1 Å². The van der Waals surface area contributed by atoms with E-state index in [1.54, 1.807) is 0 Å². The molecule has 0 N–H and O–H groups in total. The van der Waals surface area contributed by atoms with Gasteiger partial charge in [0.05, 0.1) is 6.42 Å². The van der Waals surface area contributed by atoms with Gasteiger partial charge in [-0.15, -0.1) is 6.58 Å². The fraction of sp³-hybridized carbons (Fsp3) is 0.500. The molecule has 86 valence electrons. The van der Waals surface area contributed by atoms with Crippen molar-refractivity contribution in [2.24, 2.45) is 0 Å². The second kappa shape index (κ2) is 6.05. The van der Waals surface area contributed by atoms with Gasteiger partial charge in [0.2, 0.25) is 0 Å². The minimum Gasteiger partial charge on any atom is -0.247 e. The molecule has 0 aliphatic rings. The van der Waals surface area contributed by atoms with E-state index in [1.165, 1.54) is 6.08 Å². The highest BCUT2D eigenvalue weighted by Crippen LogP contribution is 2.16. The van der Waals surface area contributed by atoms with Gasteiger partial charge in [0.1, 0.15) is 0 Å². The smallest absolute Gasteiger partial charge is 0.247 e. The van der Waals surface area contributed by atoms with Crippen molar-refractivity contribution in [2.45, 2.75) is 25.4 Å². The van der Waals surface area contributed by atoms with Gasteiger partial charge < -0.3 is 0 Å². The van der Waals surface area contributed by atoms with Crippen LogP contribution >= 0.6 is 0 Å². The Labute approximate surface area is 83.6 Å². The fourth-order valence-corrected chi connectivity index (χ4v) is 0.564. The van der Waals surface area contributed by atoms with Crippen molar-refractivity contribution in [3.05, 3.63) is 12.7 Å². The highest BCUT2D eigenvalue weighted by Gasteiger charge is 2.43. The number of halogens is 3. The zero-order chi connectivity index (χ0) is 11.9. The molecule has 0 rings (SSSR count). The predicted octanol–water partition coefficient (Wildman–Crippen LogP) is 1.91. The van der Waals surface area contributed by atoms with Crippen LogP contribution in [0.3, 0.4) is 0 Å². The third-order valence-corrected chi connectivity index (χ3v) is 1.23. The molecule has 0 aromatic carbocycles. The average Bonchev–Trinajstić information content (AvgIpc) is 2.13. The Morgan fingerprint density at radius 3 is 2.33 bits per heavy atom. The maximum absolute atomic E-state index is 11.5. The van der Waals surface area contributed by atoms with Crippen LogP contribution in [0.1, 0.15) is 19.3 Å². The van der Waals surface area contributed by atoms with Crippen LogP contribution in [0.15, 0.2) is 12.7 Å². The molecule has 0 heterocycles. The molecule has 0 aromatic heterocycles. The van der Waals surface area contributed by atoms with Crippen LogP contribution in [-0.2, 0) is 19.4 Å². The first-order valence-electron chi connectivity index (χ1n) is 3.97. The first-order valence-corrected chi connectivity index (χ1v) is 3.97. The summed E-state index contributed by atoms with van der Waals surface area (Å²) >= 11 is 0. The van der Waals surface area contributed by atoms with Crippen LogP contribution in [0.4, 0.5) is 13.2 Å². The summed E-state index contributed by atoms with van der Waals surface area (Å²) in [5.74, 6) is -3.59. The fourth-order valence-electron chi connectivity index (χ4n) is 0.564. The lowest BCUT2D eigenvalue weighted by Crippen LogP contribution is -2.26. The summed E-state index contributed by atoms with van der Waals surface area (Å²) in [5.41, 5.74) is 0. The van der Waals surface area contributed by atoms with E-state index in [0.29, 0.717) is 12.8 Å². The third kappa shape index (κ3) is 6.53. The summed E-state index contributed by atoms with van der Waals surface area (Å²) in [6.45, 7) is 3.38. The van der Waals surface area contributed by atoms with Gasteiger partial charge in [-0.25, -0.2) is 19.4 Å². The largest absolute Gasteiger partial charge is 0.495 e. The molecular formula is C8H9F3O4. The van der Waals surface area contributed by atoms with Crippen LogP contribution in [0, 0.1) is 0 Å². The Kier molecular flexibility index (Phi) is 5.43. The molecule has 0 saturated heterocycles. The second-order valence-corrected chi connectivity index (χ2v) is 2.50. The summed E-state index contributed by atoms with van der Waals surface area (Å²) in [7, 11) is 0. The monoisotopic (exact) mass is 226 g/mol. The number of allylic oxidation sites excluding steroid dienone is 1. The standard InChI is InChI=1S/C8H9F3O4/c1-2-3-4-5-6(12)14-15-7(13)8(9,10)11/h2H,1,3-5H2. The summed E-state index contributed by atoms with van der Waals surface area (Å²) in [6.07, 6.45) is -2.89. The minimum absolute atomic E-state index is 0.142. The molecule has 0 aromatic rings. The van der Waals surface area contributed by atoms with E-state index in [1.807, 2.05) is 0 Å². The Morgan fingerprint density at radius 1 is 1.27 bits per heavy atom. The highest BCUT2D eigenvalue weighted by molar-refractivity contribution is 5.76. The minimum atomic E-state index is -5.17. The average molecular weight is 226 g/mol. The summed E-state index contributed by atoms with van der Waals surface area (Å²) in [6, 6.07) is 0. The Bertz CT molecular complexity index is 247. The van der Waals surface area contributed by atoms with Gasteiger partial charge in [-0.05, 0) is 12.8 Å². The quantitative estimate of drug-likeness (QED) is 0.318. The number of hydrogen-bond acceptors (Lipinski definition) is 4. The molecule has 15 heavy (non-hydrogen) atoms. The van der Waals surface area contributed by atoms with E-state index in [2.05, 4.69) is 16.4 Å². The topological polar surface area (TPSA) is 52.6 Å². The zero-order valence-electron chi connectivity index (χ0n) is 7.67. The lowest BCUT2D eigenvalue weighted by molar-refractivity contribution is -0.285. The molecule has 0 saturated carbocycles. The van der Waals surface area contributed by atoms with E-state index in [0.717, 1.165) is 0 Å². The lowest BCUT2D eigenvalue weighted by Gasteiger charge is -2.04. The van der Waals surface area contributed by atoms with Crippen molar-refractivity contribution in [1.82, 2.24) is 0 Å². The molecule has 4 nitrogen and oxygen atoms in total. The molecule has 0 aliphatic carbocycles. The number of hydrogen-bond donors (Lipinski definition) is 0. The molecule has 0 radical (unpaired) electrons. The van der Waals surface area contributed by atoms with Crippen LogP contribution in [0.2, 0.25) is 0 Å². The third-order valence-electron chi connectivity index (χ3n) is 1.23. The van der Waals surface area contributed by atoms with Gasteiger partial charge in [-0.2, -0.15) is 13.2 Å². The van der Waals surface area contributed by atoms with Gasteiger partial charge >= 0.3 is 18.1 Å². The molecule has 0 spiro atoms. The first-order chi connectivity index (χ1) is 6.88. The molecule has 0 unspecified atom stereocenters. The van der Waals surface area contributed by atoms with Crippen molar-refractivity contribution in [2.75, 3.05) is 0 Å². The number of unbranched alkanes of at least 4 members (excludes halogenated alkanes) is 1. The molecule has 0 fully saturated rings. The second-order valence-electron chi connectivity index (χ2n) is 2.50. The summed E-state index contributed by atoms with van der Waals surface area (Å²) in [4.78, 5) is 27.6. The maximum Gasteiger partial charge on any atom is 0.495 e. The molecular weight excluding hydrogens is 217 g/mol. The van der Waals surface area contributed by atoms with Crippen molar-refractivity contribution in [3.63, 3.8) is 0 Å². The van der Waals surface area contributed by atoms with E-state index in [4.69, 9.17) is 0 Å². The van der Waals surface area contributed by atoms with Gasteiger partial charge in [0.25, 0.3) is 0 Å². The summed E-state index contributed by atoms with van der Waals surface area (Å²) in [5, 5.41) is 0. The van der Waals surface area contributed by atoms with Crippen LogP contribution in [0.25, 0.3) is 0 Å². The highest BCUT2D eigenvalue weighted by atomic mass is 19.4. The Balaban J connectivity index is 3.72. The molecule has 0 aliphatic heterocycles. The van der Waals surface area contributed by atoms with Crippen molar-refractivity contribution in [3.8, 4) is 0 Å². The van der Waals surface area contributed by atoms with Crippen molar-refractivity contribution < 1.29 is 32.5 Å². The van der Waals surface area contributed by atoms with Gasteiger partial charge in [0, 0.05) is 0 Å². The van der Waals surface area contributed by atoms with Crippen LogP contribution in [0.5, 0.6) is 0 Å². The molecule has 7 heteroatoms. The SMILES string of the molecule is C=CCCCC(=O)OOC(=O)C(F)(F)F. The number of carbonyl (C=O) groups excluding carboxylic acids is 2. The van der Waals surface area contributed by atoms with Crippen LogP contribution in [-0.4, -0.2) is 18.1 Å². The van der Waals surface area contributed by atoms with Crippen molar-refractivity contribution in [1.29, 1.82) is 0 Å². The predicted molar refractivity (Wildman–Crippen MR) is 42.3 cm³/mol. The van der Waals surface area contributed by atoms with Crippen LogP contribution < -0.4 is 0 Å². The normalized spacial score (nSPS) is 10.6. The molecule has 0 bridgehead atoms. The lowest BCUT2D eigenvalue weighted by atomic mass is 10.2. The number of rotatable bonds is 4. The number of carbonyl (C=O) groups is 2. The Hall–Kier alpha value is -1.53. The van der Waals surface area contributed by atoms with E-state index in [-0.39, 0.29) is 6.42 Å². The number of alkyl halides is 3. The van der Waals surface area contributed by atoms with Gasteiger partial charge in [0.15, 0.2) is 0 Å². The molecule has 0 amide bonds. The van der Waals surface area contributed by atoms with E-state index >= 15 is 0 Å². The summed E-state index contributed by atoms with van der Waals surface area (Å²) < 4.78 is 34.6. The van der Waals surface area contributed by atoms with Gasteiger partial charge in [-0.1, -0.05) is 6.08 Å². The maximum atomic E-state index is 11.5. The van der Waals surface area contributed by atoms with Crippen molar-refractivity contribution >= 4 is 11.9 Å². The van der Waals surface area contributed by atoms with E-state index in [9.17, 15) is 22.8 Å².